The summed E-state index contributed by atoms with van der Waals surface area (Å²) in [6, 6.07) is 13.3. The van der Waals surface area contributed by atoms with E-state index in [9.17, 15) is 13.2 Å². The van der Waals surface area contributed by atoms with Crippen LogP contribution >= 0.6 is 11.6 Å². The number of esters is 1. The summed E-state index contributed by atoms with van der Waals surface area (Å²) >= 11 is 6.00. The number of nitrogens with one attached hydrogen (secondary N) is 1. The van der Waals surface area contributed by atoms with Crippen molar-refractivity contribution < 1.29 is 17.9 Å². The number of ether oxygens (including phenoxy) is 1. The maximum atomic E-state index is 12.1. The van der Waals surface area contributed by atoms with Crippen molar-refractivity contribution in [2.24, 2.45) is 0 Å². The topological polar surface area (TPSA) is 72.5 Å². The molecule has 23 heavy (non-hydrogen) atoms. The molecular formula is C16H16ClNO4S. The van der Waals surface area contributed by atoms with Crippen LogP contribution in [0.25, 0.3) is 0 Å². The summed E-state index contributed by atoms with van der Waals surface area (Å²) in [6.45, 7) is 0.127. The summed E-state index contributed by atoms with van der Waals surface area (Å²) in [5, 5.41) is 0.512. The highest BCUT2D eigenvalue weighted by Crippen LogP contribution is 2.15. The third-order valence-electron chi connectivity index (χ3n) is 3.17. The molecule has 0 atom stereocenters. The Hall–Kier alpha value is -1.89. The molecule has 2 rings (SSSR count). The lowest BCUT2D eigenvalue weighted by Crippen LogP contribution is -2.24. The fourth-order valence-electron chi connectivity index (χ4n) is 1.95. The molecule has 0 amide bonds. The molecule has 2 aromatic rings. The van der Waals surface area contributed by atoms with Gasteiger partial charge in [-0.25, -0.2) is 17.9 Å². The van der Waals surface area contributed by atoms with E-state index in [1.54, 1.807) is 36.4 Å². The van der Waals surface area contributed by atoms with Gasteiger partial charge >= 0.3 is 5.97 Å². The molecule has 0 saturated heterocycles. The lowest BCUT2D eigenvalue weighted by Gasteiger charge is -2.08. The first kappa shape index (κ1) is 17.5. The minimum atomic E-state index is -3.51. The van der Waals surface area contributed by atoms with Crippen LogP contribution in [0.2, 0.25) is 5.02 Å². The Morgan fingerprint density at radius 2 is 1.78 bits per heavy atom. The summed E-state index contributed by atoms with van der Waals surface area (Å²) in [5.74, 6) is -0.643. The molecule has 0 aliphatic carbocycles. The van der Waals surface area contributed by atoms with Crippen molar-refractivity contribution >= 4 is 27.6 Å². The number of rotatable bonds is 6. The van der Waals surface area contributed by atoms with Crippen LogP contribution in [0.4, 0.5) is 0 Å². The first-order valence-electron chi connectivity index (χ1n) is 6.79. The van der Waals surface area contributed by atoms with Crippen molar-refractivity contribution in [2.45, 2.75) is 12.3 Å². The Balaban J connectivity index is 2.01. The maximum Gasteiger partial charge on any atom is 0.337 e. The highest BCUT2D eigenvalue weighted by Gasteiger charge is 2.13. The average Bonchev–Trinajstić information content (AvgIpc) is 2.54. The van der Waals surface area contributed by atoms with E-state index in [-0.39, 0.29) is 12.3 Å². The number of hydrogen-bond acceptors (Lipinski definition) is 4. The molecule has 0 fully saturated rings. The normalized spacial score (nSPS) is 11.2. The number of carbonyl (C=O) groups excluding carboxylic acids is 1. The number of methoxy groups -OCH3 is 1. The zero-order valence-corrected chi connectivity index (χ0v) is 14.0. The minimum absolute atomic E-state index is 0.127. The first-order chi connectivity index (χ1) is 10.9. The van der Waals surface area contributed by atoms with E-state index in [1.165, 1.54) is 19.2 Å². The van der Waals surface area contributed by atoms with Gasteiger partial charge in [-0.3, -0.25) is 0 Å². The summed E-state index contributed by atoms with van der Waals surface area (Å²) in [5.41, 5.74) is 1.65. The molecule has 1 N–H and O–H groups in total. The highest BCUT2D eigenvalue weighted by molar-refractivity contribution is 7.88. The van der Waals surface area contributed by atoms with Gasteiger partial charge in [0.25, 0.3) is 0 Å². The van der Waals surface area contributed by atoms with Crippen molar-refractivity contribution in [2.75, 3.05) is 7.11 Å². The van der Waals surface area contributed by atoms with Gasteiger partial charge in [0.15, 0.2) is 0 Å². The molecule has 7 heteroatoms. The van der Waals surface area contributed by atoms with Gasteiger partial charge in [0, 0.05) is 11.6 Å². The minimum Gasteiger partial charge on any atom is -0.465 e. The Morgan fingerprint density at radius 3 is 2.39 bits per heavy atom. The van der Waals surface area contributed by atoms with E-state index in [1.807, 2.05) is 0 Å². The summed E-state index contributed by atoms with van der Waals surface area (Å²) < 4.78 is 31.3. The zero-order chi connectivity index (χ0) is 16.9. The largest absolute Gasteiger partial charge is 0.465 e. The number of benzene rings is 2. The molecule has 122 valence electrons. The third kappa shape index (κ3) is 5.06. The quantitative estimate of drug-likeness (QED) is 0.810. The van der Waals surface area contributed by atoms with Gasteiger partial charge in [0.2, 0.25) is 10.0 Å². The van der Waals surface area contributed by atoms with Crippen molar-refractivity contribution in [3.8, 4) is 0 Å². The molecule has 0 saturated carbocycles. The molecule has 0 heterocycles. The standard InChI is InChI=1S/C16H16ClNO4S/c1-22-16(19)13-8-6-12(7-9-13)11-23(20,21)18-10-14-4-2-3-5-15(14)17/h2-9,18H,10-11H2,1H3. The summed E-state index contributed by atoms with van der Waals surface area (Å²) in [7, 11) is -2.22. The van der Waals surface area contributed by atoms with Crippen molar-refractivity contribution in [3.63, 3.8) is 0 Å². The molecule has 0 spiro atoms. The zero-order valence-electron chi connectivity index (χ0n) is 12.5. The average molecular weight is 354 g/mol. The predicted octanol–water partition coefficient (Wildman–Crippen LogP) is 2.75. The van der Waals surface area contributed by atoms with Crippen LogP contribution in [-0.2, 0) is 27.1 Å². The molecule has 0 aliphatic heterocycles. The summed E-state index contributed by atoms with van der Waals surface area (Å²) in [6.07, 6.45) is 0. The van der Waals surface area contributed by atoms with Crippen LogP contribution in [0.5, 0.6) is 0 Å². The molecule has 0 aromatic heterocycles. The predicted molar refractivity (Wildman–Crippen MR) is 88.7 cm³/mol. The molecular weight excluding hydrogens is 338 g/mol. The van der Waals surface area contributed by atoms with E-state index < -0.39 is 16.0 Å². The van der Waals surface area contributed by atoms with Gasteiger partial charge in [-0.1, -0.05) is 41.9 Å². The van der Waals surface area contributed by atoms with Crippen LogP contribution in [0, 0.1) is 0 Å². The van der Waals surface area contributed by atoms with Gasteiger partial charge in [-0.2, -0.15) is 0 Å². The Kier molecular flexibility index (Phi) is 5.76. The van der Waals surface area contributed by atoms with E-state index in [2.05, 4.69) is 9.46 Å². The second-order valence-corrected chi connectivity index (χ2v) is 7.07. The fourth-order valence-corrected chi connectivity index (χ4v) is 3.27. The van der Waals surface area contributed by atoms with E-state index in [0.29, 0.717) is 21.7 Å². The first-order valence-corrected chi connectivity index (χ1v) is 8.82. The van der Waals surface area contributed by atoms with Gasteiger partial charge in [-0.15, -0.1) is 0 Å². The molecule has 2 aromatic carbocycles. The van der Waals surface area contributed by atoms with Crippen LogP contribution in [0.3, 0.4) is 0 Å². The Bertz CT molecular complexity index is 788. The van der Waals surface area contributed by atoms with Gasteiger partial charge in [0.1, 0.15) is 0 Å². The van der Waals surface area contributed by atoms with E-state index in [4.69, 9.17) is 11.6 Å². The molecule has 0 radical (unpaired) electrons. The lowest BCUT2D eigenvalue weighted by atomic mass is 10.1. The molecule has 0 aliphatic rings. The lowest BCUT2D eigenvalue weighted by molar-refractivity contribution is 0.0600. The van der Waals surface area contributed by atoms with Crippen molar-refractivity contribution in [1.29, 1.82) is 0 Å². The van der Waals surface area contributed by atoms with Crippen LogP contribution < -0.4 is 4.72 Å². The van der Waals surface area contributed by atoms with Gasteiger partial charge in [-0.05, 0) is 29.3 Å². The molecule has 0 unspecified atom stereocenters. The number of hydrogen-bond donors (Lipinski definition) is 1. The highest BCUT2D eigenvalue weighted by atomic mass is 35.5. The number of sulfonamides is 1. The SMILES string of the molecule is COC(=O)c1ccc(CS(=O)(=O)NCc2ccccc2Cl)cc1. The number of carbonyl (C=O) groups is 1. The second-order valence-electron chi connectivity index (χ2n) is 4.86. The summed E-state index contributed by atoms with van der Waals surface area (Å²) in [4.78, 5) is 11.3. The Morgan fingerprint density at radius 1 is 1.13 bits per heavy atom. The smallest absolute Gasteiger partial charge is 0.337 e. The monoisotopic (exact) mass is 353 g/mol. The third-order valence-corrected chi connectivity index (χ3v) is 4.84. The second kappa shape index (κ2) is 7.59. The van der Waals surface area contributed by atoms with Crippen LogP contribution in [0.1, 0.15) is 21.5 Å². The maximum absolute atomic E-state index is 12.1. The fraction of sp³-hybridized carbons (Fsp3) is 0.188. The Labute approximate surface area is 140 Å². The van der Waals surface area contributed by atoms with Crippen molar-refractivity contribution in [3.05, 3.63) is 70.2 Å². The van der Waals surface area contributed by atoms with Crippen molar-refractivity contribution in [1.82, 2.24) is 4.72 Å². The van der Waals surface area contributed by atoms with Gasteiger partial charge < -0.3 is 4.74 Å². The molecule has 0 bridgehead atoms. The van der Waals surface area contributed by atoms with Crippen LogP contribution in [0.15, 0.2) is 48.5 Å². The van der Waals surface area contributed by atoms with Gasteiger partial charge in [0.05, 0.1) is 18.4 Å². The van der Waals surface area contributed by atoms with E-state index in [0.717, 1.165) is 0 Å². The van der Waals surface area contributed by atoms with Crippen LogP contribution in [-0.4, -0.2) is 21.5 Å². The molecule has 5 nitrogen and oxygen atoms in total. The number of halogens is 1. The van der Waals surface area contributed by atoms with E-state index >= 15 is 0 Å².